The number of hydrogen-bond donors (Lipinski definition) is 2. The molecule has 0 aromatic carbocycles. The second-order valence-corrected chi connectivity index (χ2v) is 5.70. The Bertz CT molecular complexity index is 264. The Kier molecular flexibility index (Phi) is 6.67. The molecular formula is C14H27NO5. The number of methoxy groups -OCH3 is 1. The molecule has 0 saturated carbocycles. The highest BCUT2D eigenvalue weighted by atomic mass is 16.5. The van der Waals surface area contributed by atoms with Crippen molar-refractivity contribution in [2.75, 3.05) is 53.4 Å². The van der Waals surface area contributed by atoms with Crippen molar-refractivity contribution >= 4 is 0 Å². The third-order valence-electron chi connectivity index (χ3n) is 3.88. The van der Waals surface area contributed by atoms with Gasteiger partial charge in [0.1, 0.15) is 0 Å². The summed E-state index contributed by atoms with van der Waals surface area (Å²) in [7, 11) is 1.65. The molecule has 2 aliphatic rings. The van der Waals surface area contributed by atoms with Crippen LogP contribution in [0.1, 0.15) is 19.3 Å². The van der Waals surface area contributed by atoms with Gasteiger partial charge in [-0.25, -0.2) is 0 Å². The number of piperidine rings is 1. The summed E-state index contributed by atoms with van der Waals surface area (Å²) < 4.78 is 21.2. The second kappa shape index (κ2) is 8.26. The SMILES string of the molecule is COCCOCCOCCC1(O)CC2COCC(C1)N2. The van der Waals surface area contributed by atoms with Crippen molar-refractivity contribution in [2.45, 2.75) is 36.9 Å². The fraction of sp³-hybridized carbons (Fsp3) is 1.00. The summed E-state index contributed by atoms with van der Waals surface area (Å²) >= 11 is 0. The Hall–Kier alpha value is -0.240. The summed E-state index contributed by atoms with van der Waals surface area (Å²) in [5.41, 5.74) is -0.610. The summed E-state index contributed by atoms with van der Waals surface area (Å²) in [4.78, 5) is 0. The Morgan fingerprint density at radius 1 is 1.05 bits per heavy atom. The third-order valence-corrected chi connectivity index (χ3v) is 3.88. The molecule has 0 aromatic rings. The predicted molar refractivity (Wildman–Crippen MR) is 73.8 cm³/mol. The van der Waals surface area contributed by atoms with Gasteiger partial charge < -0.3 is 29.4 Å². The first-order valence-corrected chi connectivity index (χ1v) is 7.42. The second-order valence-electron chi connectivity index (χ2n) is 5.70. The van der Waals surface area contributed by atoms with E-state index in [2.05, 4.69) is 5.32 Å². The molecule has 20 heavy (non-hydrogen) atoms. The lowest BCUT2D eigenvalue weighted by atomic mass is 9.81. The molecule has 2 aliphatic heterocycles. The quantitative estimate of drug-likeness (QED) is 0.580. The lowest BCUT2D eigenvalue weighted by Gasteiger charge is -2.45. The predicted octanol–water partition coefficient (Wildman–Crippen LogP) is -0.0620. The molecule has 6 heteroatoms. The van der Waals surface area contributed by atoms with E-state index >= 15 is 0 Å². The van der Waals surface area contributed by atoms with E-state index in [-0.39, 0.29) is 12.1 Å². The van der Waals surface area contributed by atoms with E-state index in [0.29, 0.717) is 52.7 Å². The topological polar surface area (TPSA) is 69.2 Å². The Morgan fingerprint density at radius 3 is 2.30 bits per heavy atom. The summed E-state index contributed by atoms with van der Waals surface area (Å²) in [6.45, 7) is 4.32. The van der Waals surface area contributed by atoms with Crippen LogP contribution in [0.25, 0.3) is 0 Å². The summed E-state index contributed by atoms with van der Waals surface area (Å²) in [5.74, 6) is 0. The third kappa shape index (κ3) is 5.27. The van der Waals surface area contributed by atoms with Gasteiger partial charge in [-0.2, -0.15) is 0 Å². The van der Waals surface area contributed by atoms with Gasteiger partial charge in [-0.1, -0.05) is 0 Å². The molecule has 2 heterocycles. The molecule has 0 radical (unpaired) electrons. The van der Waals surface area contributed by atoms with Gasteiger partial charge in [0.15, 0.2) is 0 Å². The van der Waals surface area contributed by atoms with Gasteiger partial charge in [0.25, 0.3) is 0 Å². The first-order chi connectivity index (χ1) is 9.72. The van der Waals surface area contributed by atoms with Crippen molar-refractivity contribution in [3.8, 4) is 0 Å². The van der Waals surface area contributed by atoms with Gasteiger partial charge in [-0.15, -0.1) is 0 Å². The van der Waals surface area contributed by atoms with E-state index in [1.165, 1.54) is 0 Å². The van der Waals surface area contributed by atoms with Crippen molar-refractivity contribution < 1.29 is 24.1 Å². The van der Waals surface area contributed by atoms with Gasteiger partial charge in [0.2, 0.25) is 0 Å². The maximum absolute atomic E-state index is 10.6. The van der Waals surface area contributed by atoms with E-state index in [1.807, 2.05) is 0 Å². The van der Waals surface area contributed by atoms with E-state index in [4.69, 9.17) is 18.9 Å². The molecule has 2 rings (SSSR count). The average Bonchev–Trinajstić information content (AvgIpc) is 2.41. The smallest absolute Gasteiger partial charge is 0.0701 e. The Labute approximate surface area is 120 Å². The van der Waals surface area contributed by atoms with Crippen molar-refractivity contribution in [1.29, 1.82) is 0 Å². The molecule has 0 amide bonds. The molecule has 0 aliphatic carbocycles. The van der Waals surface area contributed by atoms with Gasteiger partial charge in [-0.05, 0) is 19.3 Å². The molecule has 2 bridgehead atoms. The molecule has 2 atom stereocenters. The molecular weight excluding hydrogens is 262 g/mol. The van der Waals surface area contributed by atoms with E-state index in [1.54, 1.807) is 7.11 Å². The molecule has 118 valence electrons. The van der Waals surface area contributed by atoms with Crippen LogP contribution < -0.4 is 5.32 Å². The maximum Gasteiger partial charge on any atom is 0.0701 e. The summed E-state index contributed by atoms with van der Waals surface area (Å²) in [5, 5.41) is 14.1. The van der Waals surface area contributed by atoms with Crippen LogP contribution in [0, 0.1) is 0 Å². The van der Waals surface area contributed by atoms with Crippen LogP contribution in [0.15, 0.2) is 0 Å². The summed E-state index contributed by atoms with van der Waals surface area (Å²) in [6, 6.07) is 0.565. The van der Waals surface area contributed by atoms with Crippen LogP contribution >= 0.6 is 0 Å². The molecule has 0 spiro atoms. The van der Waals surface area contributed by atoms with Crippen LogP contribution in [0.2, 0.25) is 0 Å². The normalized spacial score (nSPS) is 33.3. The van der Waals surface area contributed by atoms with E-state index in [0.717, 1.165) is 12.8 Å². The Balaban J connectivity index is 1.54. The maximum atomic E-state index is 10.6. The van der Waals surface area contributed by atoms with Crippen LogP contribution in [-0.2, 0) is 18.9 Å². The van der Waals surface area contributed by atoms with E-state index in [9.17, 15) is 5.11 Å². The number of rotatable bonds is 9. The van der Waals surface area contributed by atoms with Crippen LogP contribution in [-0.4, -0.2) is 76.1 Å². The van der Waals surface area contributed by atoms with Crippen LogP contribution in [0.3, 0.4) is 0 Å². The number of aliphatic hydroxyl groups is 1. The van der Waals surface area contributed by atoms with Gasteiger partial charge in [0.05, 0.1) is 45.2 Å². The lowest BCUT2D eigenvalue weighted by Crippen LogP contribution is -2.60. The van der Waals surface area contributed by atoms with Crippen molar-refractivity contribution in [2.24, 2.45) is 0 Å². The Morgan fingerprint density at radius 2 is 1.65 bits per heavy atom. The van der Waals surface area contributed by atoms with Crippen molar-refractivity contribution in [3.05, 3.63) is 0 Å². The fourth-order valence-electron chi connectivity index (χ4n) is 2.95. The zero-order chi connectivity index (χ0) is 14.3. The minimum absolute atomic E-state index is 0.282. The molecule has 2 fully saturated rings. The highest BCUT2D eigenvalue weighted by Gasteiger charge is 2.40. The molecule has 2 N–H and O–H groups in total. The van der Waals surface area contributed by atoms with Crippen molar-refractivity contribution in [1.82, 2.24) is 5.32 Å². The average molecular weight is 289 g/mol. The van der Waals surface area contributed by atoms with E-state index < -0.39 is 5.60 Å². The lowest BCUT2D eigenvalue weighted by molar-refractivity contribution is -0.0907. The minimum atomic E-state index is -0.610. The number of ether oxygens (including phenoxy) is 4. The molecule has 0 aromatic heterocycles. The molecule has 6 nitrogen and oxygen atoms in total. The zero-order valence-electron chi connectivity index (χ0n) is 12.3. The van der Waals surface area contributed by atoms with Gasteiger partial charge in [0, 0.05) is 25.8 Å². The first-order valence-electron chi connectivity index (χ1n) is 7.42. The zero-order valence-corrected chi connectivity index (χ0v) is 12.3. The van der Waals surface area contributed by atoms with Crippen LogP contribution in [0.5, 0.6) is 0 Å². The van der Waals surface area contributed by atoms with Crippen molar-refractivity contribution in [3.63, 3.8) is 0 Å². The van der Waals surface area contributed by atoms with Crippen LogP contribution in [0.4, 0.5) is 0 Å². The number of morpholine rings is 1. The summed E-state index contributed by atoms with van der Waals surface area (Å²) in [6.07, 6.45) is 2.17. The number of hydrogen-bond acceptors (Lipinski definition) is 6. The highest BCUT2D eigenvalue weighted by Crippen LogP contribution is 2.30. The first kappa shape index (κ1) is 16.1. The standard InChI is InChI=1S/C14H27NO5/c1-17-4-5-19-7-6-18-3-2-14(16)8-12-10-20-11-13(9-14)15-12/h12-13,15-16H,2-11H2,1H3. The monoisotopic (exact) mass is 289 g/mol. The minimum Gasteiger partial charge on any atom is -0.390 e. The number of nitrogens with one attached hydrogen (secondary N) is 1. The van der Waals surface area contributed by atoms with Gasteiger partial charge in [-0.3, -0.25) is 0 Å². The fourth-order valence-corrected chi connectivity index (χ4v) is 2.95. The number of fused-ring (bicyclic) bond motifs is 2. The highest BCUT2D eigenvalue weighted by molar-refractivity contribution is 4.97. The largest absolute Gasteiger partial charge is 0.390 e. The molecule has 2 saturated heterocycles. The van der Waals surface area contributed by atoms with Gasteiger partial charge >= 0.3 is 0 Å². The molecule has 2 unspecified atom stereocenters.